The van der Waals surface area contributed by atoms with Crippen LogP contribution in [0.15, 0.2) is 35.4 Å². The van der Waals surface area contributed by atoms with Crippen LogP contribution in [-0.4, -0.2) is 62.2 Å². The molecule has 148 valence electrons. The Bertz CT molecular complexity index is 649. The molecule has 0 bridgehead atoms. The lowest BCUT2D eigenvalue weighted by atomic mass is 9.93. The van der Waals surface area contributed by atoms with Gasteiger partial charge in [0.15, 0.2) is 0 Å². The highest BCUT2D eigenvalue weighted by Crippen LogP contribution is 2.32. The third kappa shape index (κ3) is 5.11. The minimum atomic E-state index is -0.0923. The maximum atomic E-state index is 14.0. The van der Waals surface area contributed by atoms with E-state index in [0.717, 1.165) is 37.8 Å². The largest absolute Gasteiger partial charge is 0.367 e. The van der Waals surface area contributed by atoms with E-state index in [4.69, 9.17) is 0 Å². The molecule has 2 heterocycles. The molecule has 1 aliphatic carbocycles. The number of likely N-dealkylation sites (tertiary alicyclic amines) is 1. The Balaban J connectivity index is 1.15. The summed E-state index contributed by atoms with van der Waals surface area (Å²) in [5.41, 5.74) is 4.12. The number of allylic oxidation sites excluding steroid dienone is 1. The number of nitrogens with zero attached hydrogens (tertiary/aromatic N) is 3. The maximum Gasteiger partial charge on any atom is 0.146 e. The van der Waals surface area contributed by atoms with Gasteiger partial charge in [0.05, 0.1) is 5.69 Å². The van der Waals surface area contributed by atoms with Crippen molar-refractivity contribution in [1.29, 1.82) is 0 Å². The van der Waals surface area contributed by atoms with Crippen molar-refractivity contribution in [1.82, 2.24) is 9.80 Å². The van der Waals surface area contributed by atoms with E-state index in [1.165, 1.54) is 58.3 Å². The minimum absolute atomic E-state index is 0.0923. The Hall–Kier alpha value is -1.39. The Morgan fingerprint density at radius 2 is 1.67 bits per heavy atom. The van der Waals surface area contributed by atoms with Crippen molar-refractivity contribution in [3.8, 4) is 0 Å². The van der Waals surface area contributed by atoms with Crippen LogP contribution in [0.4, 0.5) is 10.1 Å². The topological polar surface area (TPSA) is 9.72 Å². The van der Waals surface area contributed by atoms with Gasteiger partial charge < -0.3 is 4.90 Å². The second kappa shape index (κ2) is 8.74. The van der Waals surface area contributed by atoms with E-state index in [1.807, 2.05) is 12.1 Å². The molecule has 0 amide bonds. The van der Waals surface area contributed by atoms with Crippen LogP contribution >= 0.6 is 0 Å². The molecule has 2 aliphatic heterocycles. The lowest BCUT2D eigenvalue weighted by Gasteiger charge is -2.37. The molecular weight excluding hydrogens is 337 g/mol. The van der Waals surface area contributed by atoms with Gasteiger partial charge in [0.2, 0.25) is 0 Å². The van der Waals surface area contributed by atoms with E-state index in [2.05, 4.69) is 21.6 Å². The first kappa shape index (κ1) is 18.9. The number of piperidine rings is 1. The predicted molar refractivity (Wildman–Crippen MR) is 111 cm³/mol. The first-order valence-electron chi connectivity index (χ1n) is 10.8. The van der Waals surface area contributed by atoms with Crippen LogP contribution in [0.1, 0.15) is 39.0 Å². The standard InChI is InChI=1S/C23H34FN3/c1-19(21-6-7-21)18-26-12-9-20(10-13-26)8-11-25-14-16-27(17-15-25)23-5-3-2-4-22(23)24/h2-5,20H,6-18H2,1H3. The molecule has 0 aromatic heterocycles. The molecule has 0 atom stereocenters. The van der Waals surface area contributed by atoms with Gasteiger partial charge in [-0.1, -0.05) is 23.3 Å². The number of para-hydroxylation sites is 1. The average molecular weight is 372 g/mol. The summed E-state index contributed by atoms with van der Waals surface area (Å²) in [6.45, 7) is 11.3. The highest BCUT2D eigenvalue weighted by Gasteiger charge is 2.23. The molecule has 1 aromatic rings. The van der Waals surface area contributed by atoms with Crippen molar-refractivity contribution in [2.45, 2.75) is 39.0 Å². The van der Waals surface area contributed by atoms with E-state index in [-0.39, 0.29) is 5.82 Å². The fourth-order valence-corrected chi connectivity index (χ4v) is 4.66. The molecular formula is C23H34FN3. The van der Waals surface area contributed by atoms with Crippen LogP contribution in [0, 0.1) is 11.7 Å². The summed E-state index contributed by atoms with van der Waals surface area (Å²) in [6, 6.07) is 7.17. The molecule has 2 saturated heterocycles. The van der Waals surface area contributed by atoms with E-state index in [1.54, 1.807) is 23.3 Å². The fraction of sp³-hybridized carbons (Fsp3) is 0.652. The lowest BCUT2D eigenvalue weighted by Crippen LogP contribution is -2.47. The number of anilines is 1. The summed E-state index contributed by atoms with van der Waals surface area (Å²) in [7, 11) is 0. The third-order valence-electron chi connectivity index (χ3n) is 6.69. The van der Waals surface area contributed by atoms with Crippen molar-refractivity contribution >= 4 is 5.69 Å². The molecule has 4 heteroatoms. The Labute approximate surface area is 163 Å². The first-order valence-corrected chi connectivity index (χ1v) is 10.8. The van der Waals surface area contributed by atoms with Crippen LogP contribution < -0.4 is 4.90 Å². The molecule has 3 nitrogen and oxygen atoms in total. The van der Waals surface area contributed by atoms with Gasteiger partial charge in [0.1, 0.15) is 5.82 Å². The zero-order valence-corrected chi connectivity index (χ0v) is 16.8. The number of rotatable bonds is 6. The number of hydrogen-bond donors (Lipinski definition) is 0. The third-order valence-corrected chi connectivity index (χ3v) is 6.69. The van der Waals surface area contributed by atoms with Crippen molar-refractivity contribution < 1.29 is 4.39 Å². The number of benzene rings is 1. The summed E-state index contributed by atoms with van der Waals surface area (Å²) < 4.78 is 14.0. The zero-order valence-electron chi connectivity index (χ0n) is 16.8. The number of hydrogen-bond acceptors (Lipinski definition) is 3. The Kier molecular flexibility index (Phi) is 6.14. The van der Waals surface area contributed by atoms with Crippen LogP contribution in [-0.2, 0) is 0 Å². The molecule has 27 heavy (non-hydrogen) atoms. The highest BCUT2D eigenvalue weighted by atomic mass is 19.1. The van der Waals surface area contributed by atoms with E-state index >= 15 is 0 Å². The second-order valence-electron chi connectivity index (χ2n) is 8.67. The Morgan fingerprint density at radius 1 is 0.963 bits per heavy atom. The van der Waals surface area contributed by atoms with Crippen molar-refractivity contribution in [2.24, 2.45) is 5.92 Å². The monoisotopic (exact) mass is 371 g/mol. The average Bonchev–Trinajstić information content (AvgIpc) is 3.54. The van der Waals surface area contributed by atoms with E-state index in [0.29, 0.717) is 0 Å². The Morgan fingerprint density at radius 3 is 2.33 bits per heavy atom. The van der Waals surface area contributed by atoms with Gasteiger partial charge in [-0.15, -0.1) is 0 Å². The summed E-state index contributed by atoms with van der Waals surface area (Å²) >= 11 is 0. The maximum absolute atomic E-state index is 14.0. The van der Waals surface area contributed by atoms with E-state index in [9.17, 15) is 4.39 Å². The summed E-state index contributed by atoms with van der Waals surface area (Å²) in [5.74, 6) is 0.796. The molecule has 0 radical (unpaired) electrons. The van der Waals surface area contributed by atoms with Gasteiger partial charge >= 0.3 is 0 Å². The summed E-state index contributed by atoms with van der Waals surface area (Å²) in [6.07, 6.45) is 6.75. The van der Waals surface area contributed by atoms with Crippen LogP contribution in [0.2, 0.25) is 0 Å². The lowest BCUT2D eigenvalue weighted by molar-refractivity contribution is 0.169. The molecule has 1 saturated carbocycles. The van der Waals surface area contributed by atoms with Gasteiger partial charge in [-0.2, -0.15) is 0 Å². The summed E-state index contributed by atoms with van der Waals surface area (Å²) in [5, 5.41) is 0. The van der Waals surface area contributed by atoms with E-state index < -0.39 is 0 Å². The second-order valence-corrected chi connectivity index (χ2v) is 8.67. The van der Waals surface area contributed by atoms with Gasteiger partial charge in [0.25, 0.3) is 0 Å². The van der Waals surface area contributed by atoms with Gasteiger partial charge in [-0.3, -0.25) is 9.80 Å². The predicted octanol–water partition coefficient (Wildman–Crippen LogP) is 4.16. The number of halogens is 1. The first-order chi connectivity index (χ1) is 13.2. The zero-order chi connectivity index (χ0) is 18.6. The molecule has 0 unspecified atom stereocenters. The van der Waals surface area contributed by atoms with Crippen molar-refractivity contribution in [3.63, 3.8) is 0 Å². The van der Waals surface area contributed by atoms with Gasteiger partial charge in [-0.05, 0) is 76.7 Å². The highest BCUT2D eigenvalue weighted by molar-refractivity contribution is 5.47. The van der Waals surface area contributed by atoms with Gasteiger partial charge in [0, 0.05) is 32.7 Å². The summed E-state index contributed by atoms with van der Waals surface area (Å²) in [4.78, 5) is 7.43. The molecule has 0 N–H and O–H groups in total. The normalized spacial score (nSPS) is 22.3. The smallest absolute Gasteiger partial charge is 0.146 e. The SMILES string of the molecule is CC(CN1CCC(CCN2CCN(c3ccccc3F)CC2)CC1)=C1CC1. The van der Waals surface area contributed by atoms with Crippen LogP contribution in [0.5, 0.6) is 0 Å². The fourth-order valence-electron chi connectivity index (χ4n) is 4.66. The molecule has 0 spiro atoms. The minimum Gasteiger partial charge on any atom is -0.367 e. The molecule has 1 aromatic carbocycles. The quantitative estimate of drug-likeness (QED) is 0.695. The van der Waals surface area contributed by atoms with Crippen molar-refractivity contribution in [2.75, 3.05) is 57.3 Å². The van der Waals surface area contributed by atoms with Gasteiger partial charge in [-0.25, -0.2) is 4.39 Å². The number of piperazine rings is 1. The molecule has 3 aliphatic rings. The molecule has 3 fully saturated rings. The van der Waals surface area contributed by atoms with Crippen molar-refractivity contribution in [3.05, 3.63) is 41.2 Å². The van der Waals surface area contributed by atoms with Crippen LogP contribution in [0.3, 0.4) is 0 Å². The van der Waals surface area contributed by atoms with Crippen LogP contribution in [0.25, 0.3) is 0 Å². The molecule has 4 rings (SSSR count).